The van der Waals surface area contributed by atoms with Crippen LogP contribution in [-0.4, -0.2) is 38.8 Å². The normalized spacial score (nSPS) is 11.3. The number of carboxylic acids is 1. The molecule has 148 valence electrons. The first-order valence-electron chi connectivity index (χ1n) is 9.52. The molecule has 0 aliphatic carbocycles. The molecule has 0 amide bonds. The third-order valence-electron chi connectivity index (χ3n) is 4.89. The van der Waals surface area contributed by atoms with Gasteiger partial charge in [-0.25, -0.2) is 14.8 Å². The lowest BCUT2D eigenvalue weighted by Crippen LogP contribution is -2.07. The van der Waals surface area contributed by atoms with Gasteiger partial charge < -0.3 is 20.1 Å². The zero-order valence-electron chi connectivity index (χ0n) is 15.9. The molecule has 0 bridgehead atoms. The Balaban J connectivity index is 1.34. The molecule has 7 heteroatoms. The van der Waals surface area contributed by atoms with Gasteiger partial charge >= 0.3 is 5.97 Å². The van der Waals surface area contributed by atoms with Gasteiger partial charge in [-0.05, 0) is 36.6 Å². The van der Waals surface area contributed by atoms with E-state index < -0.39 is 5.97 Å². The van der Waals surface area contributed by atoms with Crippen LogP contribution < -0.4 is 5.73 Å². The number of carbonyl (C=O) groups is 1. The number of ether oxygens (including phenoxy) is 1. The van der Waals surface area contributed by atoms with Crippen LogP contribution in [-0.2, 0) is 17.7 Å². The highest BCUT2D eigenvalue weighted by molar-refractivity contribution is 6.06. The molecular weight excluding hydrogens is 368 g/mol. The molecule has 0 aliphatic rings. The first-order valence-corrected chi connectivity index (χ1v) is 9.52. The average molecular weight is 390 g/mol. The van der Waals surface area contributed by atoms with Crippen LogP contribution in [0.3, 0.4) is 0 Å². The van der Waals surface area contributed by atoms with Crippen molar-refractivity contribution in [2.75, 3.05) is 18.9 Å². The van der Waals surface area contributed by atoms with Crippen molar-refractivity contribution in [3.63, 3.8) is 0 Å². The summed E-state index contributed by atoms with van der Waals surface area (Å²) in [6.45, 7) is 1.82. The molecule has 4 aromatic rings. The van der Waals surface area contributed by atoms with Crippen LogP contribution in [0.25, 0.3) is 21.9 Å². The zero-order chi connectivity index (χ0) is 20.2. The van der Waals surface area contributed by atoms with Gasteiger partial charge in [0.1, 0.15) is 5.52 Å². The topological polar surface area (TPSA) is 103 Å². The Kier molecular flexibility index (Phi) is 5.39. The minimum Gasteiger partial charge on any atom is -0.478 e. The fourth-order valence-electron chi connectivity index (χ4n) is 3.48. The minimum absolute atomic E-state index is 0.316. The van der Waals surface area contributed by atoms with E-state index in [2.05, 4.69) is 9.97 Å². The lowest BCUT2D eigenvalue weighted by atomic mass is 10.1. The molecule has 0 spiro atoms. The van der Waals surface area contributed by atoms with Crippen molar-refractivity contribution >= 4 is 33.7 Å². The number of fused-ring (bicyclic) bond motifs is 3. The number of aromatic carboxylic acids is 1. The van der Waals surface area contributed by atoms with E-state index in [1.54, 1.807) is 24.5 Å². The van der Waals surface area contributed by atoms with Crippen LogP contribution in [0.15, 0.2) is 54.9 Å². The lowest BCUT2D eigenvalue weighted by Gasteiger charge is -2.09. The molecule has 0 atom stereocenters. The van der Waals surface area contributed by atoms with E-state index in [1.807, 2.05) is 34.9 Å². The van der Waals surface area contributed by atoms with Crippen molar-refractivity contribution in [1.29, 1.82) is 0 Å². The van der Waals surface area contributed by atoms with Gasteiger partial charge in [0.2, 0.25) is 0 Å². The Morgan fingerprint density at radius 2 is 2.00 bits per heavy atom. The first-order chi connectivity index (χ1) is 14.1. The molecule has 4 rings (SSSR count). The second kappa shape index (κ2) is 8.28. The number of para-hydroxylation sites is 1. The third kappa shape index (κ3) is 4.05. The van der Waals surface area contributed by atoms with Crippen molar-refractivity contribution in [2.24, 2.45) is 0 Å². The number of anilines is 1. The summed E-state index contributed by atoms with van der Waals surface area (Å²) in [4.78, 5) is 19.9. The molecule has 0 aliphatic heterocycles. The smallest absolute Gasteiger partial charge is 0.335 e. The molecule has 2 aromatic carbocycles. The molecule has 2 heterocycles. The number of nitrogens with zero attached hydrogens (tertiary/aromatic N) is 3. The Morgan fingerprint density at radius 3 is 2.86 bits per heavy atom. The van der Waals surface area contributed by atoms with E-state index in [0.717, 1.165) is 34.8 Å². The van der Waals surface area contributed by atoms with Crippen molar-refractivity contribution in [3.8, 4) is 0 Å². The number of hydrogen-bond acceptors (Lipinski definition) is 5. The summed E-state index contributed by atoms with van der Waals surface area (Å²) in [5, 5.41) is 10.1. The minimum atomic E-state index is -0.904. The molecule has 0 radical (unpaired) electrons. The Hall–Kier alpha value is -3.45. The molecule has 0 fully saturated rings. The van der Waals surface area contributed by atoms with Crippen molar-refractivity contribution in [3.05, 3.63) is 66.0 Å². The molecule has 3 N–H and O–H groups in total. The number of aryl methyl sites for hydroxylation is 1. The van der Waals surface area contributed by atoms with Gasteiger partial charge in [-0.2, -0.15) is 0 Å². The largest absolute Gasteiger partial charge is 0.478 e. The number of aromatic nitrogens is 3. The number of imidazole rings is 1. The lowest BCUT2D eigenvalue weighted by molar-refractivity contribution is 0.0696. The molecule has 0 unspecified atom stereocenters. The number of pyridine rings is 1. The maximum Gasteiger partial charge on any atom is 0.335 e. The van der Waals surface area contributed by atoms with E-state index >= 15 is 0 Å². The summed E-state index contributed by atoms with van der Waals surface area (Å²) in [7, 11) is 0. The van der Waals surface area contributed by atoms with Gasteiger partial charge in [-0.1, -0.05) is 30.3 Å². The molecule has 0 saturated heterocycles. The van der Waals surface area contributed by atoms with E-state index in [-0.39, 0.29) is 0 Å². The molecule has 2 aromatic heterocycles. The standard InChI is InChI=1S/C22H22N4O3/c23-21-19-20(17-8-1-2-9-18(17)25-21)26(14-24-19)10-12-29-11-4-6-15-5-3-7-16(13-15)22(27)28/h1-3,5,7-9,13-14H,4,6,10-12H2,(H2,23,25)(H,27,28). The van der Waals surface area contributed by atoms with Gasteiger partial charge in [0.05, 0.1) is 29.5 Å². The van der Waals surface area contributed by atoms with E-state index in [0.29, 0.717) is 36.7 Å². The number of carboxylic acid groups (broad SMARTS) is 1. The van der Waals surface area contributed by atoms with Crippen molar-refractivity contribution in [2.45, 2.75) is 19.4 Å². The Morgan fingerprint density at radius 1 is 1.14 bits per heavy atom. The van der Waals surface area contributed by atoms with E-state index in [9.17, 15) is 4.79 Å². The van der Waals surface area contributed by atoms with Gasteiger partial charge in [0, 0.05) is 18.5 Å². The Labute approximate surface area is 167 Å². The number of nitrogens with two attached hydrogens (primary N) is 1. The van der Waals surface area contributed by atoms with Crippen LogP contribution in [0.1, 0.15) is 22.3 Å². The zero-order valence-corrected chi connectivity index (χ0v) is 15.9. The summed E-state index contributed by atoms with van der Waals surface area (Å²) < 4.78 is 7.83. The first kappa shape index (κ1) is 18.9. The summed E-state index contributed by atoms with van der Waals surface area (Å²) in [6, 6.07) is 14.9. The van der Waals surface area contributed by atoms with Crippen LogP contribution in [0, 0.1) is 0 Å². The fraction of sp³-hybridized carbons (Fsp3) is 0.227. The highest BCUT2D eigenvalue weighted by Gasteiger charge is 2.11. The second-order valence-electron chi connectivity index (χ2n) is 6.87. The van der Waals surface area contributed by atoms with Crippen LogP contribution in [0.4, 0.5) is 5.82 Å². The molecule has 29 heavy (non-hydrogen) atoms. The fourth-order valence-corrected chi connectivity index (χ4v) is 3.48. The highest BCUT2D eigenvalue weighted by atomic mass is 16.5. The SMILES string of the molecule is Nc1nc2ccccc2c2c1ncn2CCOCCCc1cccc(C(=O)O)c1. The van der Waals surface area contributed by atoms with Gasteiger partial charge in [0.15, 0.2) is 5.82 Å². The molecule has 7 nitrogen and oxygen atoms in total. The second-order valence-corrected chi connectivity index (χ2v) is 6.87. The summed E-state index contributed by atoms with van der Waals surface area (Å²) >= 11 is 0. The van der Waals surface area contributed by atoms with Gasteiger partial charge in [-0.15, -0.1) is 0 Å². The molecular formula is C22H22N4O3. The van der Waals surface area contributed by atoms with Crippen molar-refractivity contribution < 1.29 is 14.6 Å². The molecule has 0 saturated carbocycles. The monoisotopic (exact) mass is 390 g/mol. The van der Waals surface area contributed by atoms with Gasteiger partial charge in [-0.3, -0.25) is 0 Å². The predicted molar refractivity (Wildman–Crippen MR) is 112 cm³/mol. The van der Waals surface area contributed by atoms with Crippen LogP contribution >= 0.6 is 0 Å². The average Bonchev–Trinajstić information content (AvgIpc) is 3.16. The van der Waals surface area contributed by atoms with E-state index in [4.69, 9.17) is 15.6 Å². The van der Waals surface area contributed by atoms with Crippen LogP contribution in [0.2, 0.25) is 0 Å². The number of benzene rings is 2. The quantitative estimate of drug-likeness (QED) is 0.446. The predicted octanol–water partition coefficient (Wildman–Crippen LogP) is 3.51. The van der Waals surface area contributed by atoms with E-state index in [1.165, 1.54) is 0 Å². The van der Waals surface area contributed by atoms with Gasteiger partial charge in [0.25, 0.3) is 0 Å². The summed E-state index contributed by atoms with van der Waals surface area (Å²) in [5.41, 5.74) is 9.91. The number of rotatable bonds is 8. The Bertz CT molecular complexity index is 1170. The summed E-state index contributed by atoms with van der Waals surface area (Å²) in [6.07, 6.45) is 3.38. The number of hydrogen-bond donors (Lipinski definition) is 2. The van der Waals surface area contributed by atoms with Crippen LogP contribution in [0.5, 0.6) is 0 Å². The van der Waals surface area contributed by atoms with Crippen molar-refractivity contribution in [1.82, 2.24) is 14.5 Å². The maximum absolute atomic E-state index is 11.0. The maximum atomic E-state index is 11.0. The number of nitrogen functional groups attached to an aromatic ring is 1. The summed E-state index contributed by atoms with van der Waals surface area (Å²) in [5.74, 6) is -0.471. The highest BCUT2D eigenvalue weighted by Crippen LogP contribution is 2.26. The third-order valence-corrected chi connectivity index (χ3v) is 4.89.